The first-order chi connectivity index (χ1) is 27.5. The number of Topliss-reactive ketones (excluding diaryl/α,β-unsaturated/α-hetero) is 1. The normalized spacial score (nSPS) is 36.3. The molecule has 0 amide bonds. The summed E-state index contributed by atoms with van der Waals surface area (Å²) in [5, 5.41) is 45.9. The highest BCUT2D eigenvalue weighted by atomic mass is 16.7. The van der Waals surface area contributed by atoms with Gasteiger partial charge in [0.05, 0.1) is 48.3 Å². The van der Waals surface area contributed by atoms with Crippen LogP contribution in [0.1, 0.15) is 121 Å². The van der Waals surface area contributed by atoms with Gasteiger partial charge in [-0.05, 0) is 59.0 Å². The van der Waals surface area contributed by atoms with Crippen LogP contribution >= 0.6 is 0 Å². The second-order valence-electron chi connectivity index (χ2n) is 16.3. The van der Waals surface area contributed by atoms with Crippen molar-refractivity contribution >= 4 is 23.3 Å². The Hall–Kier alpha value is -3.84. The summed E-state index contributed by atoms with van der Waals surface area (Å²) in [6.07, 6.45) is -6.64. The van der Waals surface area contributed by atoms with Crippen molar-refractivity contribution in [3.8, 4) is 11.5 Å². The molecule has 0 aromatic heterocycles. The predicted octanol–water partition coefficient (Wildman–Crippen LogP) is 3.16. The van der Waals surface area contributed by atoms with Crippen molar-refractivity contribution in [1.82, 2.24) is 4.90 Å². The number of methoxy groups -OCH3 is 1. The van der Waals surface area contributed by atoms with E-state index in [-0.39, 0.29) is 70.9 Å². The van der Waals surface area contributed by atoms with E-state index in [1.165, 1.54) is 31.4 Å². The molecule has 0 bridgehead atoms. The number of hydrogen-bond donors (Lipinski definition) is 4. The molecule has 58 heavy (non-hydrogen) atoms. The van der Waals surface area contributed by atoms with Gasteiger partial charge < -0.3 is 58.5 Å². The van der Waals surface area contributed by atoms with Gasteiger partial charge in [-0.15, -0.1) is 0 Å². The van der Waals surface area contributed by atoms with E-state index in [1.54, 1.807) is 27.7 Å². The van der Waals surface area contributed by atoms with Gasteiger partial charge in [-0.3, -0.25) is 19.2 Å². The van der Waals surface area contributed by atoms with E-state index in [2.05, 4.69) is 0 Å². The summed E-state index contributed by atoms with van der Waals surface area (Å²) in [6, 6.07) is 5.11. The molecular formula is C42H53NO15. The van der Waals surface area contributed by atoms with Crippen LogP contribution in [0.2, 0.25) is 0 Å². The highest BCUT2D eigenvalue weighted by molar-refractivity contribution is 6.30. The maximum Gasteiger partial charge on any atom is 0.316 e. The molecule has 2 aliphatic carbocycles. The minimum atomic E-state index is -1.76. The number of likely N-dealkylation sites (N-methyl/N-ethyl adjacent to an activating group) is 1. The van der Waals surface area contributed by atoms with Gasteiger partial charge in [0.1, 0.15) is 35.7 Å². The van der Waals surface area contributed by atoms with Crippen LogP contribution < -0.4 is 0 Å². The minimum Gasteiger partial charge on any atom is -0.507 e. The number of hydrogen-bond acceptors (Lipinski definition) is 16. The zero-order chi connectivity index (χ0) is 42.0. The maximum absolute atomic E-state index is 13.9. The number of benzene rings is 2. The first-order valence-corrected chi connectivity index (χ1v) is 19.9. The van der Waals surface area contributed by atoms with E-state index in [9.17, 15) is 39.6 Å². The Labute approximate surface area is 336 Å². The van der Waals surface area contributed by atoms with Crippen LogP contribution in [-0.2, 0) is 42.7 Å². The summed E-state index contributed by atoms with van der Waals surface area (Å²) >= 11 is 0. The second kappa shape index (κ2) is 16.3. The lowest BCUT2D eigenvalue weighted by Gasteiger charge is -2.48. The van der Waals surface area contributed by atoms with Crippen molar-refractivity contribution < 1.29 is 72.8 Å². The molecule has 4 N–H and O–H groups in total. The molecule has 13 atom stereocenters. The molecule has 0 spiro atoms. The third-order valence-corrected chi connectivity index (χ3v) is 12.4. The molecule has 16 nitrogen and oxygen atoms in total. The number of aliphatic hydroxyl groups is 2. The largest absolute Gasteiger partial charge is 0.507 e. The Bertz CT molecular complexity index is 1940. The van der Waals surface area contributed by atoms with Crippen LogP contribution in [0.15, 0.2) is 24.3 Å². The van der Waals surface area contributed by atoms with E-state index in [0.717, 1.165) is 0 Å². The number of ketones is 3. The van der Waals surface area contributed by atoms with E-state index in [0.29, 0.717) is 12.8 Å². The first-order valence-electron chi connectivity index (χ1n) is 19.9. The third kappa shape index (κ3) is 7.47. The fourth-order valence-electron chi connectivity index (χ4n) is 9.27. The van der Waals surface area contributed by atoms with Crippen molar-refractivity contribution in [3.63, 3.8) is 0 Å². The lowest BCUT2D eigenvalue weighted by Crippen LogP contribution is -2.58. The summed E-state index contributed by atoms with van der Waals surface area (Å²) in [4.78, 5) is 55.0. The maximum atomic E-state index is 13.9. The fraction of sp³-hybridized carbons (Fsp3) is 0.619. The highest BCUT2D eigenvalue weighted by Crippen LogP contribution is 2.54. The van der Waals surface area contributed by atoms with Crippen LogP contribution in [0.4, 0.5) is 0 Å². The average molecular weight is 812 g/mol. The van der Waals surface area contributed by atoms with Crippen LogP contribution in [0.3, 0.4) is 0 Å². The Morgan fingerprint density at radius 1 is 0.897 bits per heavy atom. The summed E-state index contributed by atoms with van der Waals surface area (Å²) in [5.74, 6) is -4.59. The topological polar surface area (TPSA) is 217 Å². The van der Waals surface area contributed by atoms with Gasteiger partial charge >= 0.3 is 5.97 Å². The molecule has 316 valence electrons. The molecule has 3 heterocycles. The number of carbonyl (C=O) groups is 4. The molecule has 3 fully saturated rings. The van der Waals surface area contributed by atoms with Crippen molar-refractivity contribution in [2.24, 2.45) is 0 Å². The van der Waals surface area contributed by atoms with Crippen molar-refractivity contribution in [2.45, 2.75) is 145 Å². The molecule has 0 unspecified atom stereocenters. The Kier molecular flexibility index (Phi) is 11.9. The summed E-state index contributed by atoms with van der Waals surface area (Å²) < 4.78 is 42.6. The van der Waals surface area contributed by atoms with Gasteiger partial charge in [-0.2, -0.15) is 0 Å². The number of fused-ring (bicyclic) bond motifs is 3. The molecule has 3 saturated heterocycles. The summed E-state index contributed by atoms with van der Waals surface area (Å²) in [7, 11) is 4.91. The van der Waals surface area contributed by atoms with E-state index >= 15 is 0 Å². The van der Waals surface area contributed by atoms with Crippen LogP contribution in [0.5, 0.6) is 11.5 Å². The number of phenols is 2. The van der Waals surface area contributed by atoms with Gasteiger partial charge in [0.25, 0.3) is 0 Å². The minimum absolute atomic E-state index is 0.00573. The van der Waals surface area contributed by atoms with Gasteiger partial charge in [0.15, 0.2) is 30.4 Å². The summed E-state index contributed by atoms with van der Waals surface area (Å²) in [5.41, 5.74) is -2.49. The van der Waals surface area contributed by atoms with Crippen molar-refractivity contribution in [1.29, 1.82) is 0 Å². The van der Waals surface area contributed by atoms with E-state index in [4.69, 9.17) is 33.2 Å². The van der Waals surface area contributed by atoms with Crippen LogP contribution in [0, 0.1) is 0 Å². The summed E-state index contributed by atoms with van der Waals surface area (Å²) in [6.45, 7) is 6.95. The molecule has 16 heteroatoms. The van der Waals surface area contributed by atoms with Gasteiger partial charge in [-0.1, -0.05) is 19.1 Å². The number of aromatic hydroxyl groups is 2. The predicted molar refractivity (Wildman–Crippen MR) is 201 cm³/mol. The van der Waals surface area contributed by atoms with Gasteiger partial charge in [0, 0.05) is 54.8 Å². The molecule has 7 rings (SSSR count). The lowest BCUT2D eigenvalue weighted by atomic mass is 9.67. The smallest absolute Gasteiger partial charge is 0.316 e. The standard InChI is InChI=1S/C42H53NO15/c1-8-42(51)17-28(33-22(35(42)41(50)52-7)14-23-34(38(33)49)37(48)32-21(36(23)47)10-9-11-26(32)45)56-30-15-24(43(5)6)39(19(3)54-30)58-31-16-27(46)40(20(4)55-31)57-29-13-12-25(44)18(2)53-29/h9-11,14,18-20,24,27-31,35,39-40,45-46,49,51H,8,12-13,15-17H2,1-7H3/t18-,19-,20-,24+,27-,28-,29+,30-,31+,35-,39+,40+,42+/m1/s1. The van der Waals surface area contributed by atoms with Gasteiger partial charge in [0.2, 0.25) is 5.78 Å². The molecule has 0 saturated carbocycles. The van der Waals surface area contributed by atoms with E-state index in [1.807, 2.05) is 19.0 Å². The lowest BCUT2D eigenvalue weighted by molar-refractivity contribution is -0.324. The number of carbonyl (C=O) groups excluding carboxylic acids is 4. The molecule has 5 aliphatic rings. The Morgan fingerprint density at radius 2 is 1.57 bits per heavy atom. The van der Waals surface area contributed by atoms with Crippen molar-refractivity contribution in [3.05, 3.63) is 57.6 Å². The number of rotatable bonds is 9. The van der Waals surface area contributed by atoms with E-state index < -0.39 is 102 Å². The SMILES string of the molecule is CC[C@]1(O)C[C@@H](O[C@@H]2C[C@H](N(C)C)[C@@H](O[C@H]3C[C@@H](O)[C@@H](O[C@H]4CCC(=O)[C@@H](C)O4)[C@@H](C)O3)[C@@H](C)O2)c2c(cc3c(c2O)C(=O)c2c(O)cccc2C3=O)[C@@H]1C(=O)OC. The number of nitrogens with zero attached hydrogens (tertiary/aromatic N) is 1. The average Bonchev–Trinajstić information content (AvgIpc) is 3.17. The molecule has 2 aromatic rings. The quantitative estimate of drug-likeness (QED) is 0.228. The monoisotopic (exact) mass is 811 g/mol. The molecule has 2 aromatic carbocycles. The van der Waals surface area contributed by atoms with Crippen LogP contribution in [-0.4, -0.2) is 137 Å². The molecule has 0 radical (unpaired) electrons. The third-order valence-electron chi connectivity index (χ3n) is 12.4. The fourth-order valence-corrected chi connectivity index (χ4v) is 9.27. The second-order valence-corrected chi connectivity index (χ2v) is 16.3. The number of phenolic OH excluding ortho intramolecular Hbond substituents is 2. The zero-order valence-electron chi connectivity index (χ0n) is 33.7. The molecule has 3 aliphatic heterocycles. The highest BCUT2D eigenvalue weighted by Gasteiger charge is 2.53. The first kappa shape index (κ1) is 42.3. The van der Waals surface area contributed by atoms with Crippen molar-refractivity contribution in [2.75, 3.05) is 21.2 Å². The number of esters is 1. The van der Waals surface area contributed by atoms with Crippen LogP contribution in [0.25, 0.3) is 0 Å². The molecular weight excluding hydrogens is 758 g/mol. The van der Waals surface area contributed by atoms with Gasteiger partial charge in [-0.25, -0.2) is 0 Å². The Balaban J connectivity index is 1.13. The number of ether oxygens (including phenoxy) is 7. The number of aliphatic hydroxyl groups excluding tert-OH is 1. The Morgan fingerprint density at radius 3 is 2.21 bits per heavy atom. The zero-order valence-corrected chi connectivity index (χ0v) is 33.7.